The molecule has 0 aromatic rings. The van der Waals surface area contributed by atoms with Gasteiger partial charge in [0.2, 0.25) is 5.91 Å². The summed E-state index contributed by atoms with van der Waals surface area (Å²) < 4.78 is 0. The van der Waals surface area contributed by atoms with Crippen LogP contribution in [0.15, 0.2) is 0 Å². The first-order valence-corrected chi connectivity index (χ1v) is 8.03. The Balaban J connectivity index is 0.00000180. The third-order valence-corrected chi connectivity index (χ3v) is 4.89. The predicted octanol–water partition coefficient (Wildman–Crippen LogP) is 4.29. The minimum atomic E-state index is 0. The molecule has 106 valence electrons. The molecule has 0 spiro atoms. The van der Waals surface area contributed by atoms with Crippen molar-refractivity contribution in [3.63, 3.8) is 0 Å². The zero-order valence-electron chi connectivity index (χ0n) is 11.9. The summed E-state index contributed by atoms with van der Waals surface area (Å²) in [6.45, 7) is 2.32. The standard InChI is InChI=1S/C16H29NO.H2/c1-13-7-10-15(11-8-13)17-16(18)12-9-14-5-3-2-4-6-14;/h13-15H,2-12H2,1H3,(H,17,18);1H. The van der Waals surface area contributed by atoms with Crippen LogP contribution in [0.25, 0.3) is 0 Å². The van der Waals surface area contributed by atoms with Crippen molar-refractivity contribution in [3.8, 4) is 0 Å². The molecule has 2 rings (SSSR count). The van der Waals surface area contributed by atoms with Crippen LogP contribution in [0.2, 0.25) is 0 Å². The minimum absolute atomic E-state index is 0. The summed E-state index contributed by atoms with van der Waals surface area (Å²) in [7, 11) is 0. The van der Waals surface area contributed by atoms with Gasteiger partial charge in [-0.2, -0.15) is 0 Å². The van der Waals surface area contributed by atoms with E-state index in [1.165, 1.54) is 57.8 Å². The first kappa shape index (κ1) is 13.9. The highest BCUT2D eigenvalue weighted by Crippen LogP contribution is 2.27. The fourth-order valence-corrected chi connectivity index (χ4v) is 3.52. The molecule has 1 amide bonds. The van der Waals surface area contributed by atoms with Gasteiger partial charge in [0, 0.05) is 13.9 Å². The quantitative estimate of drug-likeness (QED) is 0.795. The first-order valence-electron chi connectivity index (χ1n) is 8.03. The Morgan fingerprint density at radius 2 is 1.72 bits per heavy atom. The zero-order chi connectivity index (χ0) is 12.8. The molecule has 2 aliphatic rings. The van der Waals surface area contributed by atoms with Crippen LogP contribution >= 0.6 is 0 Å². The highest BCUT2D eigenvalue weighted by Gasteiger charge is 2.20. The molecule has 0 atom stereocenters. The zero-order valence-corrected chi connectivity index (χ0v) is 11.9. The fraction of sp³-hybridized carbons (Fsp3) is 0.938. The lowest BCUT2D eigenvalue weighted by Gasteiger charge is -2.27. The summed E-state index contributed by atoms with van der Waals surface area (Å²) in [5.74, 6) is 2.00. The van der Waals surface area contributed by atoms with Gasteiger partial charge < -0.3 is 5.32 Å². The Kier molecular flexibility index (Phi) is 5.52. The Bertz CT molecular complexity index is 255. The van der Waals surface area contributed by atoms with E-state index in [1.54, 1.807) is 0 Å². The van der Waals surface area contributed by atoms with Crippen LogP contribution < -0.4 is 5.32 Å². The predicted molar refractivity (Wildman–Crippen MR) is 77.5 cm³/mol. The van der Waals surface area contributed by atoms with Crippen molar-refractivity contribution in [2.45, 2.75) is 83.6 Å². The normalized spacial score (nSPS) is 30.1. The summed E-state index contributed by atoms with van der Waals surface area (Å²) in [6, 6.07) is 0.472. The van der Waals surface area contributed by atoms with Crippen LogP contribution in [0.3, 0.4) is 0 Å². The number of amides is 1. The lowest BCUT2D eigenvalue weighted by atomic mass is 9.85. The topological polar surface area (TPSA) is 29.1 Å². The number of carbonyl (C=O) groups excluding carboxylic acids is 1. The second kappa shape index (κ2) is 7.16. The van der Waals surface area contributed by atoms with E-state index in [0.29, 0.717) is 11.9 Å². The maximum atomic E-state index is 11.9. The van der Waals surface area contributed by atoms with Gasteiger partial charge in [0.25, 0.3) is 0 Å². The van der Waals surface area contributed by atoms with Crippen molar-refractivity contribution >= 4 is 5.91 Å². The molecular weight excluding hydrogens is 222 g/mol. The molecule has 1 N–H and O–H groups in total. The monoisotopic (exact) mass is 253 g/mol. The number of hydrogen-bond acceptors (Lipinski definition) is 1. The lowest BCUT2D eigenvalue weighted by Crippen LogP contribution is -2.37. The first-order chi connectivity index (χ1) is 8.74. The summed E-state index contributed by atoms with van der Waals surface area (Å²) in [5, 5.41) is 3.24. The van der Waals surface area contributed by atoms with Gasteiger partial charge in [-0.1, -0.05) is 39.0 Å². The van der Waals surface area contributed by atoms with Crippen molar-refractivity contribution in [1.82, 2.24) is 5.32 Å². The van der Waals surface area contributed by atoms with Crippen molar-refractivity contribution in [1.29, 1.82) is 0 Å². The van der Waals surface area contributed by atoms with Crippen molar-refractivity contribution in [2.24, 2.45) is 11.8 Å². The maximum absolute atomic E-state index is 11.9. The van der Waals surface area contributed by atoms with Crippen LogP contribution in [0.4, 0.5) is 0 Å². The van der Waals surface area contributed by atoms with Gasteiger partial charge in [-0.3, -0.25) is 4.79 Å². The third kappa shape index (κ3) is 4.62. The molecule has 2 aliphatic carbocycles. The highest BCUT2D eigenvalue weighted by molar-refractivity contribution is 5.76. The Morgan fingerprint density at radius 1 is 1.06 bits per heavy atom. The van der Waals surface area contributed by atoms with Gasteiger partial charge in [-0.25, -0.2) is 0 Å². The van der Waals surface area contributed by atoms with E-state index in [4.69, 9.17) is 0 Å². The average Bonchev–Trinajstić information content (AvgIpc) is 2.40. The highest BCUT2D eigenvalue weighted by atomic mass is 16.1. The smallest absolute Gasteiger partial charge is 0.220 e. The number of hydrogen-bond donors (Lipinski definition) is 1. The van der Waals surface area contributed by atoms with Crippen LogP contribution in [0.5, 0.6) is 0 Å². The Morgan fingerprint density at radius 3 is 2.39 bits per heavy atom. The van der Waals surface area contributed by atoms with Crippen LogP contribution in [-0.4, -0.2) is 11.9 Å². The van der Waals surface area contributed by atoms with Gasteiger partial charge in [0.1, 0.15) is 0 Å². The molecule has 18 heavy (non-hydrogen) atoms. The van der Waals surface area contributed by atoms with E-state index < -0.39 is 0 Å². The van der Waals surface area contributed by atoms with Gasteiger partial charge >= 0.3 is 0 Å². The van der Waals surface area contributed by atoms with Crippen molar-refractivity contribution in [2.75, 3.05) is 0 Å². The van der Waals surface area contributed by atoms with E-state index in [-0.39, 0.29) is 1.43 Å². The summed E-state index contributed by atoms with van der Waals surface area (Å²) in [6.07, 6.45) is 13.7. The molecule has 2 nitrogen and oxygen atoms in total. The van der Waals surface area contributed by atoms with E-state index in [9.17, 15) is 4.79 Å². The number of carbonyl (C=O) groups is 1. The molecule has 0 aliphatic heterocycles. The second-order valence-corrected chi connectivity index (χ2v) is 6.57. The summed E-state index contributed by atoms with van der Waals surface area (Å²) in [5.41, 5.74) is 0. The maximum Gasteiger partial charge on any atom is 0.220 e. The van der Waals surface area contributed by atoms with E-state index in [1.807, 2.05) is 0 Å². The van der Waals surface area contributed by atoms with Gasteiger partial charge in [0.15, 0.2) is 0 Å². The van der Waals surface area contributed by atoms with Crippen molar-refractivity contribution < 1.29 is 6.22 Å². The van der Waals surface area contributed by atoms with E-state index in [0.717, 1.165) is 24.7 Å². The van der Waals surface area contributed by atoms with Crippen LogP contribution in [0.1, 0.15) is 79.0 Å². The second-order valence-electron chi connectivity index (χ2n) is 6.57. The van der Waals surface area contributed by atoms with Crippen LogP contribution in [-0.2, 0) is 4.79 Å². The Labute approximate surface area is 113 Å². The van der Waals surface area contributed by atoms with Gasteiger partial charge in [0.05, 0.1) is 0 Å². The third-order valence-electron chi connectivity index (χ3n) is 4.89. The molecule has 2 saturated carbocycles. The SMILES string of the molecule is CC1CCC(NC(=O)CCC2CCCCC2)CC1.[HH]. The van der Waals surface area contributed by atoms with Crippen molar-refractivity contribution in [3.05, 3.63) is 0 Å². The molecule has 2 heteroatoms. The fourth-order valence-electron chi connectivity index (χ4n) is 3.52. The molecular formula is C16H31NO. The molecule has 0 bridgehead atoms. The molecule has 0 aromatic heterocycles. The molecule has 0 aromatic carbocycles. The summed E-state index contributed by atoms with van der Waals surface area (Å²) >= 11 is 0. The van der Waals surface area contributed by atoms with E-state index >= 15 is 0 Å². The molecule has 2 fully saturated rings. The van der Waals surface area contributed by atoms with Crippen LogP contribution in [0, 0.1) is 11.8 Å². The van der Waals surface area contributed by atoms with Gasteiger partial charge in [-0.05, 0) is 43.9 Å². The average molecular weight is 253 g/mol. The minimum Gasteiger partial charge on any atom is -0.353 e. The van der Waals surface area contributed by atoms with E-state index in [2.05, 4.69) is 12.2 Å². The number of nitrogens with one attached hydrogen (secondary N) is 1. The Hall–Kier alpha value is -0.530. The molecule has 0 heterocycles. The summed E-state index contributed by atoms with van der Waals surface area (Å²) in [4.78, 5) is 11.9. The largest absolute Gasteiger partial charge is 0.353 e. The molecule has 0 unspecified atom stereocenters. The molecule has 0 saturated heterocycles. The number of rotatable bonds is 4. The van der Waals surface area contributed by atoms with Gasteiger partial charge in [-0.15, -0.1) is 0 Å². The lowest BCUT2D eigenvalue weighted by molar-refractivity contribution is -0.122. The molecule has 0 radical (unpaired) electrons.